The van der Waals surface area contributed by atoms with Crippen molar-refractivity contribution in [2.24, 2.45) is 4.99 Å². The molecular weight excluding hydrogens is 560 g/mol. The van der Waals surface area contributed by atoms with Crippen molar-refractivity contribution in [2.75, 3.05) is 13.7 Å². The SMILES string of the molecule is CCOC(=O)C1=C(C)N=c2s/c(=C\c3cc(Br)c(OC(C)=O)c(OC)c3)c(=O)n2[C@H]1c1ccc(C)cc1. The molecule has 192 valence electrons. The van der Waals surface area contributed by atoms with E-state index in [1.165, 1.54) is 25.4 Å². The summed E-state index contributed by atoms with van der Waals surface area (Å²) in [7, 11) is 1.47. The molecule has 0 saturated carbocycles. The first-order chi connectivity index (χ1) is 17.6. The van der Waals surface area contributed by atoms with E-state index in [4.69, 9.17) is 14.2 Å². The van der Waals surface area contributed by atoms with Crippen LogP contribution in [0.15, 0.2) is 61.9 Å². The Morgan fingerprint density at radius 3 is 2.51 bits per heavy atom. The van der Waals surface area contributed by atoms with Gasteiger partial charge in [-0.1, -0.05) is 41.2 Å². The van der Waals surface area contributed by atoms with Gasteiger partial charge in [0.2, 0.25) is 0 Å². The molecule has 1 aliphatic heterocycles. The second-order valence-electron chi connectivity index (χ2n) is 8.34. The summed E-state index contributed by atoms with van der Waals surface area (Å²) in [5.41, 5.74) is 3.05. The van der Waals surface area contributed by atoms with Gasteiger partial charge in [0.1, 0.15) is 0 Å². The molecule has 0 amide bonds. The zero-order valence-corrected chi connectivity index (χ0v) is 23.4. The van der Waals surface area contributed by atoms with Crippen molar-refractivity contribution < 1.29 is 23.8 Å². The maximum atomic E-state index is 13.7. The molecule has 8 nitrogen and oxygen atoms in total. The number of fused-ring (bicyclic) bond motifs is 1. The predicted octanol–water partition coefficient (Wildman–Crippen LogP) is 3.80. The predicted molar refractivity (Wildman–Crippen MR) is 144 cm³/mol. The molecule has 3 aromatic rings. The molecule has 1 aliphatic rings. The lowest BCUT2D eigenvalue weighted by Crippen LogP contribution is -2.39. The highest BCUT2D eigenvalue weighted by atomic mass is 79.9. The molecule has 0 fully saturated rings. The van der Waals surface area contributed by atoms with Crippen LogP contribution in [0.1, 0.15) is 43.5 Å². The number of methoxy groups -OCH3 is 1. The number of hydrogen-bond acceptors (Lipinski definition) is 8. The maximum Gasteiger partial charge on any atom is 0.338 e. The molecular formula is C27H25BrN2O6S. The van der Waals surface area contributed by atoms with E-state index in [-0.39, 0.29) is 17.9 Å². The van der Waals surface area contributed by atoms with Gasteiger partial charge in [-0.15, -0.1) is 0 Å². The van der Waals surface area contributed by atoms with E-state index in [0.29, 0.717) is 36.4 Å². The van der Waals surface area contributed by atoms with Crippen LogP contribution in [0, 0.1) is 6.92 Å². The van der Waals surface area contributed by atoms with Crippen LogP contribution in [-0.4, -0.2) is 30.2 Å². The van der Waals surface area contributed by atoms with E-state index in [0.717, 1.165) is 11.1 Å². The molecule has 0 bridgehead atoms. The van der Waals surface area contributed by atoms with Crippen LogP contribution in [0.5, 0.6) is 11.5 Å². The number of hydrogen-bond donors (Lipinski definition) is 0. The lowest BCUT2D eigenvalue weighted by molar-refractivity contribution is -0.139. The first-order valence-electron chi connectivity index (χ1n) is 11.5. The van der Waals surface area contributed by atoms with E-state index >= 15 is 0 Å². The van der Waals surface area contributed by atoms with E-state index in [9.17, 15) is 14.4 Å². The van der Waals surface area contributed by atoms with Gasteiger partial charge in [-0.3, -0.25) is 14.2 Å². The average molecular weight is 585 g/mol. The Bertz CT molecular complexity index is 1600. The topological polar surface area (TPSA) is 96.2 Å². The molecule has 1 atom stereocenters. The second kappa shape index (κ2) is 10.9. The number of aromatic nitrogens is 1. The third-order valence-electron chi connectivity index (χ3n) is 5.71. The third-order valence-corrected chi connectivity index (χ3v) is 7.28. The summed E-state index contributed by atoms with van der Waals surface area (Å²) in [5, 5.41) is 0. The summed E-state index contributed by atoms with van der Waals surface area (Å²) < 4.78 is 18.4. The van der Waals surface area contributed by atoms with Crippen LogP contribution in [0.2, 0.25) is 0 Å². The molecule has 0 saturated heterocycles. The van der Waals surface area contributed by atoms with Crippen LogP contribution < -0.4 is 24.4 Å². The van der Waals surface area contributed by atoms with E-state index < -0.39 is 18.0 Å². The highest BCUT2D eigenvalue weighted by molar-refractivity contribution is 9.10. The minimum atomic E-state index is -0.675. The van der Waals surface area contributed by atoms with Crippen molar-refractivity contribution in [3.63, 3.8) is 0 Å². The zero-order chi connectivity index (χ0) is 26.9. The number of allylic oxidation sites excluding steroid dienone is 1. The molecule has 10 heteroatoms. The molecule has 0 spiro atoms. The number of ether oxygens (including phenoxy) is 3. The van der Waals surface area contributed by atoms with Gasteiger partial charge >= 0.3 is 11.9 Å². The van der Waals surface area contributed by atoms with Gasteiger partial charge < -0.3 is 14.2 Å². The Morgan fingerprint density at radius 1 is 1.19 bits per heavy atom. The first kappa shape index (κ1) is 26.6. The van der Waals surface area contributed by atoms with Crippen LogP contribution in [0.4, 0.5) is 0 Å². The molecule has 2 heterocycles. The summed E-state index contributed by atoms with van der Waals surface area (Å²) >= 11 is 4.64. The van der Waals surface area contributed by atoms with Gasteiger partial charge in [0.25, 0.3) is 5.56 Å². The van der Waals surface area contributed by atoms with E-state index in [1.807, 2.05) is 31.2 Å². The Labute approximate surface area is 225 Å². The minimum Gasteiger partial charge on any atom is -0.493 e. The lowest BCUT2D eigenvalue weighted by atomic mass is 9.95. The number of aryl methyl sites for hydroxylation is 1. The summed E-state index contributed by atoms with van der Waals surface area (Å²) in [4.78, 5) is 43.3. The average Bonchev–Trinajstić information content (AvgIpc) is 3.14. The van der Waals surface area contributed by atoms with Crippen LogP contribution in [-0.2, 0) is 14.3 Å². The molecule has 37 heavy (non-hydrogen) atoms. The number of thiazole rings is 1. The fourth-order valence-electron chi connectivity index (χ4n) is 4.07. The first-order valence-corrected chi connectivity index (χ1v) is 13.1. The highest BCUT2D eigenvalue weighted by Gasteiger charge is 2.33. The lowest BCUT2D eigenvalue weighted by Gasteiger charge is -2.24. The van der Waals surface area contributed by atoms with E-state index in [2.05, 4.69) is 20.9 Å². The number of halogens is 1. The third kappa shape index (κ3) is 5.30. The Hall–Kier alpha value is -3.50. The Balaban J connectivity index is 1.91. The number of carbonyl (C=O) groups excluding carboxylic acids is 2. The standard InChI is InChI=1S/C27H25BrN2O6S/c1-6-35-26(33)22-15(3)29-27-30(23(22)18-9-7-14(2)8-10-18)25(32)21(37-27)13-17-11-19(28)24(36-16(4)31)20(12-17)34-5/h7-13,23H,6H2,1-5H3/b21-13-/t23-/m0/s1. The summed E-state index contributed by atoms with van der Waals surface area (Å²) in [6, 6.07) is 10.4. The van der Waals surface area contributed by atoms with Gasteiger partial charge in [0.15, 0.2) is 16.3 Å². The highest BCUT2D eigenvalue weighted by Crippen LogP contribution is 2.37. The number of carbonyl (C=O) groups is 2. The maximum absolute atomic E-state index is 13.7. The van der Waals surface area contributed by atoms with Crippen molar-refractivity contribution in [3.05, 3.63) is 88.5 Å². The largest absolute Gasteiger partial charge is 0.493 e. The smallest absolute Gasteiger partial charge is 0.338 e. The molecule has 2 aromatic carbocycles. The second-order valence-corrected chi connectivity index (χ2v) is 10.2. The quantitative estimate of drug-likeness (QED) is 0.323. The van der Waals surface area contributed by atoms with Crippen LogP contribution >= 0.6 is 27.3 Å². The van der Waals surface area contributed by atoms with Gasteiger partial charge in [-0.05, 0) is 66.0 Å². The number of rotatable bonds is 6. The van der Waals surface area contributed by atoms with Crippen molar-refractivity contribution >= 4 is 45.3 Å². The summed E-state index contributed by atoms with van der Waals surface area (Å²) in [5.74, 6) is -0.397. The van der Waals surface area contributed by atoms with Crippen molar-refractivity contribution in [1.29, 1.82) is 0 Å². The van der Waals surface area contributed by atoms with E-state index in [1.54, 1.807) is 36.6 Å². The fraction of sp³-hybridized carbons (Fsp3) is 0.259. The summed E-state index contributed by atoms with van der Waals surface area (Å²) in [6.45, 7) is 6.98. The molecule has 0 unspecified atom stereocenters. The number of esters is 2. The number of nitrogens with zero attached hydrogens (tertiary/aromatic N) is 2. The molecule has 0 aliphatic carbocycles. The fourth-order valence-corrected chi connectivity index (χ4v) is 5.66. The van der Waals surface area contributed by atoms with Crippen molar-refractivity contribution in [2.45, 2.75) is 33.7 Å². The van der Waals surface area contributed by atoms with Gasteiger partial charge in [0.05, 0.1) is 40.0 Å². The summed E-state index contributed by atoms with van der Waals surface area (Å²) in [6.07, 6.45) is 1.71. The zero-order valence-electron chi connectivity index (χ0n) is 21.0. The minimum absolute atomic E-state index is 0.209. The monoisotopic (exact) mass is 584 g/mol. The van der Waals surface area contributed by atoms with Crippen molar-refractivity contribution in [1.82, 2.24) is 4.57 Å². The van der Waals surface area contributed by atoms with Gasteiger partial charge in [-0.2, -0.15) is 0 Å². The van der Waals surface area contributed by atoms with Gasteiger partial charge in [0, 0.05) is 6.92 Å². The number of benzene rings is 2. The van der Waals surface area contributed by atoms with Crippen LogP contribution in [0.25, 0.3) is 6.08 Å². The molecule has 4 rings (SSSR count). The van der Waals surface area contributed by atoms with Gasteiger partial charge in [-0.25, -0.2) is 9.79 Å². The molecule has 0 N–H and O–H groups in total. The van der Waals surface area contributed by atoms with Crippen LogP contribution in [0.3, 0.4) is 0 Å². The molecule has 1 aromatic heterocycles. The molecule has 0 radical (unpaired) electrons. The Kier molecular flexibility index (Phi) is 7.79. The Morgan fingerprint density at radius 2 is 1.89 bits per heavy atom. The van der Waals surface area contributed by atoms with Crippen molar-refractivity contribution in [3.8, 4) is 11.5 Å². The normalized spacial score (nSPS) is 15.2.